The normalized spacial score (nSPS) is 15.8. The summed E-state index contributed by atoms with van der Waals surface area (Å²) >= 11 is 0. The van der Waals surface area contributed by atoms with Gasteiger partial charge >= 0.3 is 6.18 Å². The maximum atomic E-state index is 13.0. The van der Waals surface area contributed by atoms with Crippen molar-refractivity contribution in [3.8, 4) is 11.8 Å². The van der Waals surface area contributed by atoms with Gasteiger partial charge in [0.1, 0.15) is 41.7 Å². The molecule has 0 saturated heterocycles. The molecule has 3 N–H and O–H groups in total. The van der Waals surface area contributed by atoms with Gasteiger partial charge in [0, 0.05) is 12.5 Å². The molecule has 1 aromatic carbocycles. The predicted molar refractivity (Wildman–Crippen MR) is 108 cm³/mol. The average molecular weight is 451 g/mol. The van der Waals surface area contributed by atoms with E-state index < -0.39 is 17.3 Å². The first kappa shape index (κ1) is 23.3. The van der Waals surface area contributed by atoms with Crippen molar-refractivity contribution in [3.63, 3.8) is 0 Å². The van der Waals surface area contributed by atoms with Crippen LogP contribution in [0.3, 0.4) is 0 Å². The smallest absolute Gasteiger partial charge is 0.431 e. The van der Waals surface area contributed by atoms with Crippen LogP contribution in [0.25, 0.3) is 11.0 Å². The van der Waals surface area contributed by atoms with Crippen molar-refractivity contribution in [2.45, 2.75) is 32.5 Å². The lowest BCUT2D eigenvalue weighted by atomic mass is 9.97. The zero-order valence-electron chi connectivity index (χ0n) is 17.3. The Balaban J connectivity index is 0.000000186. The first-order valence-electron chi connectivity index (χ1n) is 9.59. The van der Waals surface area contributed by atoms with Crippen molar-refractivity contribution in [1.82, 2.24) is 15.0 Å². The van der Waals surface area contributed by atoms with Crippen LogP contribution < -0.4 is 10.5 Å². The Morgan fingerprint density at radius 1 is 1.28 bits per heavy atom. The van der Waals surface area contributed by atoms with Crippen LogP contribution in [0, 0.1) is 22.6 Å². The van der Waals surface area contributed by atoms with E-state index in [0.29, 0.717) is 25.4 Å². The number of nitrogens with zero attached hydrogens (tertiary/aromatic N) is 3. The number of nitriles is 1. The van der Waals surface area contributed by atoms with Gasteiger partial charge in [-0.1, -0.05) is 6.07 Å². The molecule has 0 spiro atoms. The molecule has 7 nitrogen and oxygen atoms in total. The summed E-state index contributed by atoms with van der Waals surface area (Å²) in [5.41, 5.74) is 5.04. The van der Waals surface area contributed by atoms with E-state index in [1.54, 1.807) is 6.07 Å². The third kappa shape index (κ3) is 5.64. The fourth-order valence-electron chi connectivity index (χ4n) is 2.90. The highest BCUT2D eigenvalue weighted by Crippen LogP contribution is 2.31. The average Bonchev–Trinajstić information content (AvgIpc) is 3.19. The second kappa shape index (κ2) is 9.00. The molecule has 4 rings (SSSR count). The zero-order chi connectivity index (χ0) is 23.5. The SMILES string of the molecule is CC(C)(C#N)COC1COc2cc(F)ccc2C1.Nc1ncnc2[nH]c(C(F)(F)F)cc12. The van der Waals surface area contributed by atoms with E-state index in [4.69, 9.17) is 20.5 Å². The largest absolute Gasteiger partial charge is 0.490 e. The lowest BCUT2D eigenvalue weighted by molar-refractivity contribution is -0.140. The maximum Gasteiger partial charge on any atom is 0.431 e. The van der Waals surface area contributed by atoms with E-state index in [1.807, 2.05) is 13.8 Å². The number of nitrogens with one attached hydrogen (secondary N) is 1. The van der Waals surface area contributed by atoms with E-state index in [9.17, 15) is 17.6 Å². The molecule has 3 aromatic rings. The Bertz CT molecular complexity index is 1140. The lowest BCUT2D eigenvalue weighted by Gasteiger charge is -2.27. The monoisotopic (exact) mass is 451 g/mol. The van der Waals surface area contributed by atoms with Gasteiger partial charge in [-0.3, -0.25) is 0 Å². The fourth-order valence-corrected chi connectivity index (χ4v) is 2.90. The number of fused-ring (bicyclic) bond motifs is 2. The molecule has 0 aliphatic carbocycles. The number of nitrogen functional groups attached to an aromatic ring is 1. The van der Waals surface area contributed by atoms with Crippen molar-refractivity contribution in [2.24, 2.45) is 5.41 Å². The first-order chi connectivity index (χ1) is 15.0. The highest BCUT2D eigenvalue weighted by atomic mass is 19.4. The second-order valence-electron chi connectivity index (χ2n) is 7.90. The van der Waals surface area contributed by atoms with E-state index in [-0.39, 0.29) is 28.8 Å². The molecule has 1 aliphatic heterocycles. The van der Waals surface area contributed by atoms with Crippen molar-refractivity contribution in [1.29, 1.82) is 5.26 Å². The van der Waals surface area contributed by atoms with Crippen LogP contribution in [0.2, 0.25) is 0 Å². The molecule has 3 heterocycles. The van der Waals surface area contributed by atoms with Gasteiger partial charge in [0.05, 0.1) is 29.6 Å². The number of aromatic amines is 1. The van der Waals surface area contributed by atoms with Crippen LogP contribution in [0.15, 0.2) is 30.6 Å². The van der Waals surface area contributed by atoms with Crippen LogP contribution >= 0.6 is 0 Å². The summed E-state index contributed by atoms with van der Waals surface area (Å²) in [5.74, 6) is 0.329. The molecule has 32 heavy (non-hydrogen) atoms. The number of hydrogen-bond donors (Lipinski definition) is 2. The molecular formula is C21H21F4N5O2. The number of ether oxygens (including phenoxy) is 2. The Kier molecular flexibility index (Phi) is 6.55. The minimum atomic E-state index is -4.42. The van der Waals surface area contributed by atoms with Gasteiger partial charge in [0.15, 0.2) is 0 Å². The molecule has 11 heteroatoms. The summed E-state index contributed by atoms with van der Waals surface area (Å²) in [5, 5.41) is 9.09. The van der Waals surface area contributed by atoms with E-state index in [2.05, 4.69) is 21.0 Å². The lowest BCUT2D eigenvalue weighted by Crippen LogP contribution is -2.32. The molecular weight excluding hydrogens is 430 g/mol. The molecule has 170 valence electrons. The Labute approximate surface area is 181 Å². The van der Waals surface area contributed by atoms with Crippen molar-refractivity contribution < 1.29 is 27.0 Å². The van der Waals surface area contributed by atoms with Gasteiger partial charge in [0.2, 0.25) is 0 Å². The third-order valence-corrected chi connectivity index (χ3v) is 4.65. The minimum Gasteiger partial charge on any atom is -0.490 e. The number of halogens is 4. The second-order valence-corrected chi connectivity index (χ2v) is 7.90. The van der Waals surface area contributed by atoms with Crippen molar-refractivity contribution in [2.75, 3.05) is 18.9 Å². The summed E-state index contributed by atoms with van der Waals surface area (Å²) in [4.78, 5) is 9.33. The molecule has 0 saturated carbocycles. The number of anilines is 1. The molecule has 0 amide bonds. The topological polar surface area (TPSA) is 110 Å². The fraction of sp³-hybridized carbons (Fsp3) is 0.381. The van der Waals surface area contributed by atoms with Gasteiger partial charge in [0.25, 0.3) is 0 Å². The van der Waals surface area contributed by atoms with Gasteiger partial charge in [-0.05, 0) is 31.5 Å². The number of hydrogen-bond acceptors (Lipinski definition) is 6. The molecule has 1 aliphatic rings. The van der Waals surface area contributed by atoms with Gasteiger partial charge in [-0.2, -0.15) is 18.4 Å². The molecule has 0 radical (unpaired) electrons. The highest BCUT2D eigenvalue weighted by molar-refractivity contribution is 5.86. The molecule has 2 aromatic heterocycles. The standard InChI is InChI=1S/C14H16FNO2.C7H5F3N4/c1-14(2,8-16)9-18-12-5-10-3-4-11(15)6-13(10)17-7-12;8-7(9,10)4-1-3-5(11)12-2-13-6(3)14-4/h3-4,6,12H,5,7,9H2,1-2H3;1-2H,(H3,11,12,13,14). The number of H-pyrrole nitrogens is 1. The van der Waals surface area contributed by atoms with Crippen LogP contribution in [0.5, 0.6) is 5.75 Å². The summed E-state index contributed by atoms with van der Waals surface area (Å²) in [6.45, 7) is 4.44. The number of alkyl halides is 3. The third-order valence-electron chi connectivity index (χ3n) is 4.65. The Morgan fingerprint density at radius 3 is 2.69 bits per heavy atom. The van der Waals surface area contributed by atoms with Crippen molar-refractivity contribution in [3.05, 3.63) is 47.7 Å². The number of nitrogens with two attached hydrogens (primary N) is 1. The van der Waals surface area contributed by atoms with Gasteiger partial charge in [-0.15, -0.1) is 0 Å². The van der Waals surface area contributed by atoms with Crippen molar-refractivity contribution >= 4 is 16.9 Å². The maximum absolute atomic E-state index is 13.0. The zero-order valence-corrected chi connectivity index (χ0v) is 17.3. The van der Waals surface area contributed by atoms with Gasteiger partial charge < -0.3 is 20.2 Å². The van der Waals surface area contributed by atoms with Crippen LogP contribution in [-0.4, -0.2) is 34.3 Å². The van der Waals surface area contributed by atoms with E-state index >= 15 is 0 Å². The quantitative estimate of drug-likeness (QED) is 0.576. The number of benzene rings is 1. The number of aromatic nitrogens is 3. The van der Waals surface area contributed by atoms with Gasteiger partial charge in [-0.25, -0.2) is 14.4 Å². The molecule has 0 fully saturated rings. The Morgan fingerprint density at radius 2 is 2.03 bits per heavy atom. The predicted octanol–water partition coefficient (Wildman–Crippen LogP) is 4.25. The first-order valence-corrected chi connectivity index (χ1v) is 9.59. The van der Waals surface area contributed by atoms with Crippen LogP contribution in [-0.2, 0) is 17.3 Å². The van der Waals surface area contributed by atoms with Crippen LogP contribution in [0.4, 0.5) is 23.4 Å². The van der Waals surface area contributed by atoms with Crippen LogP contribution in [0.1, 0.15) is 25.1 Å². The molecule has 0 bridgehead atoms. The summed E-state index contributed by atoms with van der Waals surface area (Å²) in [7, 11) is 0. The minimum absolute atomic E-state index is 0.0294. The summed E-state index contributed by atoms with van der Waals surface area (Å²) in [6, 6.07) is 7.62. The summed E-state index contributed by atoms with van der Waals surface area (Å²) < 4.78 is 60.9. The van der Waals surface area contributed by atoms with E-state index in [0.717, 1.165) is 18.0 Å². The molecule has 1 atom stereocenters. The Hall–Kier alpha value is -3.39. The number of rotatable bonds is 3. The van der Waals surface area contributed by atoms with E-state index in [1.165, 1.54) is 12.1 Å². The summed E-state index contributed by atoms with van der Waals surface area (Å²) in [6.07, 6.45) is -2.70. The highest BCUT2D eigenvalue weighted by Gasteiger charge is 2.33. The molecule has 1 unspecified atom stereocenters.